The van der Waals surface area contributed by atoms with E-state index in [4.69, 9.17) is 0 Å². The van der Waals surface area contributed by atoms with Crippen molar-refractivity contribution in [2.75, 3.05) is 0 Å². The second-order valence-electron chi connectivity index (χ2n) is 5.56. The van der Waals surface area contributed by atoms with E-state index in [9.17, 15) is 0 Å². The van der Waals surface area contributed by atoms with E-state index < -0.39 is 0 Å². The Morgan fingerprint density at radius 2 is 1.19 bits per heavy atom. The molecule has 1 aromatic rings. The molecule has 21 heavy (non-hydrogen) atoms. The Bertz CT molecular complexity index is 329. The zero-order chi connectivity index (χ0) is 13.8. The quantitative estimate of drug-likeness (QED) is 0.302. The molecule has 1 rings (SSSR count). The summed E-state index contributed by atoms with van der Waals surface area (Å²) < 4.78 is 0. The van der Waals surface area contributed by atoms with Crippen LogP contribution in [0.4, 0.5) is 0 Å². The fraction of sp³-hybridized carbons (Fsp3) is 0.667. The summed E-state index contributed by atoms with van der Waals surface area (Å²) in [5.74, 6) is 0. The number of hydrogen-bond donors (Lipinski definition) is 1. The van der Waals surface area contributed by atoms with Crippen LogP contribution in [0.3, 0.4) is 0 Å². The molecule has 0 bridgehead atoms. The van der Waals surface area contributed by atoms with Crippen LogP contribution in [0.5, 0.6) is 0 Å². The topological polar surface area (TPSA) is 0 Å². The summed E-state index contributed by atoms with van der Waals surface area (Å²) in [4.78, 5) is 1.15. The van der Waals surface area contributed by atoms with E-state index in [2.05, 4.69) is 43.8 Å². The van der Waals surface area contributed by atoms with E-state index in [1.165, 1.54) is 76.2 Å². The van der Waals surface area contributed by atoms with Crippen LogP contribution in [0.15, 0.2) is 29.2 Å². The molecular weight excluding hydrogens is 294 g/mol. The Hall–Kier alpha value is 1.57. The van der Waals surface area contributed by atoms with Crippen molar-refractivity contribution in [1.82, 2.24) is 0 Å². The third kappa shape index (κ3) is 13.7. The van der Waals surface area contributed by atoms with Gasteiger partial charge in [-0.2, -0.15) is 0 Å². The molecule has 0 aliphatic rings. The van der Waals surface area contributed by atoms with Crippen molar-refractivity contribution in [3.63, 3.8) is 0 Å². The fourth-order valence-corrected chi connectivity index (χ4v) is 2.80. The van der Waals surface area contributed by atoms with Crippen molar-refractivity contribution >= 4 is 71.7 Å². The Kier molecular flexibility index (Phi) is 21.2. The number of rotatable bonds is 11. The molecular formula is C18H30Na2S. The van der Waals surface area contributed by atoms with Crippen molar-refractivity contribution in [3.8, 4) is 0 Å². The molecule has 2 radical (unpaired) electrons. The SMILES string of the molecule is CCCCCCCCCCCCc1ccccc1S.[Na].[Na]. The zero-order valence-electron chi connectivity index (χ0n) is 14.5. The van der Waals surface area contributed by atoms with E-state index in [-0.39, 0.29) is 59.1 Å². The monoisotopic (exact) mass is 324 g/mol. The number of hydrogen-bond acceptors (Lipinski definition) is 1. The molecule has 0 saturated heterocycles. The maximum atomic E-state index is 4.50. The van der Waals surface area contributed by atoms with Gasteiger partial charge in [0.2, 0.25) is 0 Å². The van der Waals surface area contributed by atoms with Crippen molar-refractivity contribution in [2.45, 2.75) is 82.4 Å². The van der Waals surface area contributed by atoms with E-state index in [0.29, 0.717) is 0 Å². The van der Waals surface area contributed by atoms with Crippen LogP contribution >= 0.6 is 12.6 Å². The predicted molar refractivity (Wildman–Crippen MR) is 101 cm³/mol. The average molecular weight is 324 g/mol. The van der Waals surface area contributed by atoms with Crippen LogP contribution in [-0.2, 0) is 6.42 Å². The predicted octanol–water partition coefficient (Wildman–Crippen LogP) is 5.68. The molecule has 0 N–H and O–H groups in total. The Morgan fingerprint density at radius 1 is 0.714 bits per heavy atom. The molecule has 1 aromatic carbocycles. The second-order valence-corrected chi connectivity index (χ2v) is 6.04. The van der Waals surface area contributed by atoms with Crippen LogP contribution in [0.1, 0.15) is 76.7 Å². The number of thiol groups is 1. The molecule has 0 aliphatic carbocycles. The third-order valence-electron chi connectivity index (χ3n) is 3.79. The molecule has 0 spiro atoms. The summed E-state index contributed by atoms with van der Waals surface area (Å²) in [6, 6.07) is 8.47. The molecule has 110 valence electrons. The summed E-state index contributed by atoms with van der Waals surface area (Å²) in [5, 5.41) is 0. The molecule has 0 amide bonds. The van der Waals surface area contributed by atoms with Gasteiger partial charge >= 0.3 is 0 Å². The molecule has 3 heteroatoms. The first-order valence-corrected chi connectivity index (χ1v) is 8.56. The maximum Gasteiger partial charge on any atom is 0.00720 e. The van der Waals surface area contributed by atoms with E-state index >= 15 is 0 Å². The maximum absolute atomic E-state index is 4.50. The summed E-state index contributed by atoms with van der Waals surface area (Å²) in [5.41, 5.74) is 1.41. The molecule has 0 heterocycles. The number of unbranched alkanes of at least 4 members (excludes halogenated alkanes) is 9. The van der Waals surface area contributed by atoms with Gasteiger partial charge in [-0.3, -0.25) is 0 Å². The first kappa shape index (κ1) is 24.8. The summed E-state index contributed by atoms with van der Waals surface area (Å²) in [7, 11) is 0. The number of benzene rings is 1. The van der Waals surface area contributed by atoms with Gasteiger partial charge < -0.3 is 0 Å². The van der Waals surface area contributed by atoms with Crippen LogP contribution < -0.4 is 0 Å². The summed E-state index contributed by atoms with van der Waals surface area (Å²) >= 11 is 4.50. The molecule has 0 atom stereocenters. The summed E-state index contributed by atoms with van der Waals surface area (Å²) in [6.07, 6.45) is 15.2. The van der Waals surface area contributed by atoms with Crippen molar-refractivity contribution in [2.24, 2.45) is 0 Å². The third-order valence-corrected chi connectivity index (χ3v) is 4.23. The standard InChI is InChI=1S/C18H30S.2Na/c1-2-3-4-5-6-7-8-9-10-11-14-17-15-12-13-16-18(17)19;;/h12-13,15-16,19H,2-11,14H2,1H3;;. The molecule has 0 nitrogen and oxygen atoms in total. The zero-order valence-corrected chi connectivity index (χ0v) is 19.4. The van der Waals surface area contributed by atoms with Gasteiger partial charge in [-0.25, -0.2) is 0 Å². The van der Waals surface area contributed by atoms with E-state index in [1.54, 1.807) is 0 Å². The molecule has 0 aromatic heterocycles. The molecule has 0 unspecified atom stereocenters. The molecule has 0 saturated carbocycles. The van der Waals surface area contributed by atoms with Crippen LogP contribution in [0.25, 0.3) is 0 Å². The first-order chi connectivity index (χ1) is 9.34. The summed E-state index contributed by atoms with van der Waals surface area (Å²) in [6.45, 7) is 2.28. The van der Waals surface area contributed by atoms with Crippen LogP contribution in [-0.4, -0.2) is 59.1 Å². The Labute approximate surface area is 182 Å². The van der Waals surface area contributed by atoms with Gasteiger partial charge in [0, 0.05) is 64.0 Å². The van der Waals surface area contributed by atoms with Crippen molar-refractivity contribution in [1.29, 1.82) is 0 Å². The van der Waals surface area contributed by atoms with Gasteiger partial charge in [0.1, 0.15) is 0 Å². The van der Waals surface area contributed by atoms with Crippen molar-refractivity contribution in [3.05, 3.63) is 29.8 Å². The normalized spacial score (nSPS) is 9.81. The smallest absolute Gasteiger partial charge is 0.00720 e. The first-order valence-electron chi connectivity index (χ1n) is 8.11. The van der Waals surface area contributed by atoms with E-state index in [1.807, 2.05) is 0 Å². The van der Waals surface area contributed by atoms with Crippen molar-refractivity contribution < 1.29 is 0 Å². The van der Waals surface area contributed by atoms with E-state index in [0.717, 1.165) is 4.90 Å². The fourth-order valence-electron chi connectivity index (χ4n) is 2.53. The Balaban J connectivity index is 0. The minimum Gasteiger partial charge on any atom is -0.143 e. The van der Waals surface area contributed by atoms with Gasteiger partial charge in [-0.05, 0) is 24.5 Å². The van der Waals surface area contributed by atoms with Crippen LogP contribution in [0.2, 0.25) is 0 Å². The molecule has 0 fully saturated rings. The van der Waals surface area contributed by atoms with Crippen LogP contribution in [0, 0.1) is 0 Å². The van der Waals surface area contributed by atoms with Gasteiger partial charge in [-0.15, -0.1) is 12.6 Å². The van der Waals surface area contributed by atoms with Gasteiger partial charge in [0.05, 0.1) is 0 Å². The van der Waals surface area contributed by atoms with Gasteiger partial charge in [0.15, 0.2) is 0 Å². The Morgan fingerprint density at radius 3 is 1.71 bits per heavy atom. The van der Waals surface area contributed by atoms with Gasteiger partial charge in [0.25, 0.3) is 0 Å². The second kappa shape index (κ2) is 17.9. The molecule has 0 aliphatic heterocycles. The largest absolute Gasteiger partial charge is 0.143 e. The number of aryl methyl sites for hydroxylation is 1. The minimum atomic E-state index is 0. The minimum absolute atomic E-state index is 0. The van der Waals surface area contributed by atoms with Gasteiger partial charge in [-0.1, -0.05) is 82.9 Å². The average Bonchev–Trinajstić information content (AvgIpc) is 2.43.